The van der Waals surface area contributed by atoms with Gasteiger partial charge in [-0.1, -0.05) is 24.0 Å². The minimum Gasteiger partial charge on any atom is -0.493 e. The van der Waals surface area contributed by atoms with E-state index in [0.717, 1.165) is 10.9 Å². The van der Waals surface area contributed by atoms with E-state index in [2.05, 4.69) is 17.2 Å². The topological polar surface area (TPSA) is 94.6 Å². The number of carbonyl (C=O) groups is 2. The number of nitrogens with two attached hydrogens (primary N) is 1. The Labute approximate surface area is 149 Å². The van der Waals surface area contributed by atoms with Crippen LogP contribution in [0.4, 0.5) is 0 Å². The smallest absolute Gasteiger partial charge is 0.287 e. The summed E-state index contributed by atoms with van der Waals surface area (Å²) in [6.45, 7) is 0.157. The largest absolute Gasteiger partial charge is 0.493 e. The second kappa shape index (κ2) is 7.45. The third-order valence-electron chi connectivity index (χ3n) is 3.69. The first-order valence-electron chi connectivity index (χ1n) is 7.82. The monoisotopic (exact) mass is 348 g/mol. The van der Waals surface area contributed by atoms with Gasteiger partial charge < -0.3 is 20.2 Å². The van der Waals surface area contributed by atoms with Crippen molar-refractivity contribution in [3.05, 3.63) is 65.4 Å². The maximum Gasteiger partial charge on any atom is 0.287 e. The van der Waals surface area contributed by atoms with Crippen molar-refractivity contribution in [2.45, 2.75) is 0 Å². The number of furan rings is 1. The Balaban J connectivity index is 1.64. The maximum absolute atomic E-state index is 12.2. The molecule has 1 aromatic heterocycles. The van der Waals surface area contributed by atoms with Crippen molar-refractivity contribution in [1.29, 1.82) is 0 Å². The van der Waals surface area contributed by atoms with Gasteiger partial charge in [-0.15, -0.1) is 0 Å². The highest BCUT2D eigenvalue weighted by atomic mass is 16.5. The molecule has 3 N–H and O–H groups in total. The summed E-state index contributed by atoms with van der Waals surface area (Å²) in [5.74, 6) is 5.65. The van der Waals surface area contributed by atoms with E-state index in [-0.39, 0.29) is 18.2 Å². The zero-order chi connectivity index (χ0) is 18.5. The standard InChI is InChI=1S/C20H16N2O4/c1-25-16-6-2-5-15-12-17(26-18(15)16)20(24)22-11-3-4-13-7-9-14(10-8-13)19(21)23/h2,5-10,12H,11H2,1H3,(H2,21,23)(H,22,24). The molecule has 0 atom stereocenters. The summed E-state index contributed by atoms with van der Waals surface area (Å²) in [7, 11) is 1.54. The van der Waals surface area contributed by atoms with Gasteiger partial charge in [-0.3, -0.25) is 9.59 Å². The molecular weight excluding hydrogens is 332 g/mol. The summed E-state index contributed by atoms with van der Waals surface area (Å²) in [6, 6.07) is 13.7. The van der Waals surface area contributed by atoms with E-state index >= 15 is 0 Å². The van der Waals surface area contributed by atoms with Gasteiger partial charge in [0.15, 0.2) is 17.1 Å². The lowest BCUT2D eigenvalue weighted by molar-refractivity contribution is 0.0932. The van der Waals surface area contributed by atoms with E-state index in [4.69, 9.17) is 14.9 Å². The van der Waals surface area contributed by atoms with Crippen LogP contribution in [0.3, 0.4) is 0 Å². The summed E-state index contributed by atoms with van der Waals surface area (Å²) >= 11 is 0. The van der Waals surface area contributed by atoms with Crippen LogP contribution in [0.1, 0.15) is 26.5 Å². The number of ether oxygens (including phenoxy) is 1. The molecule has 6 heteroatoms. The highest BCUT2D eigenvalue weighted by Crippen LogP contribution is 2.28. The van der Waals surface area contributed by atoms with Gasteiger partial charge in [-0.2, -0.15) is 0 Å². The van der Waals surface area contributed by atoms with Gasteiger partial charge in [0, 0.05) is 16.5 Å². The van der Waals surface area contributed by atoms with Crippen LogP contribution in [0.2, 0.25) is 0 Å². The van der Waals surface area contributed by atoms with E-state index in [9.17, 15) is 9.59 Å². The molecule has 0 fully saturated rings. The van der Waals surface area contributed by atoms with Crippen molar-refractivity contribution in [1.82, 2.24) is 5.32 Å². The normalized spacial score (nSPS) is 10.0. The third-order valence-corrected chi connectivity index (χ3v) is 3.69. The molecule has 0 bridgehead atoms. The van der Waals surface area contributed by atoms with Gasteiger partial charge in [-0.25, -0.2) is 0 Å². The molecule has 0 aliphatic rings. The van der Waals surface area contributed by atoms with Gasteiger partial charge in [0.2, 0.25) is 5.91 Å². The molecule has 3 aromatic rings. The molecule has 1 heterocycles. The number of para-hydroxylation sites is 1. The van der Waals surface area contributed by atoms with Crippen LogP contribution in [-0.2, 0) is 0 Å². The van der Waals surface area contributed by atoms with Crippen molar-refractivity contribution in [2.75, 3.05) is 13.7 Å². The molecule has 0 saturated carbocycles. The first kappa shape index (κ1) is 17.1. The van der Waals surface area contributed by atoms with Crippen molar-refractivity contribution >= 4 is 22.8 Å². The number of methoxy groups -OCH3 is 1. The average Bonchev–Trinajstić information content (AvgIpc) is 3.10. The lowest BCUT2D eigenvalue weighted by Crippen LogP contribution is -2.22. The fourth-order valence-electron chi connectivity index (χ4n) is 2.38. The summed E-state index contributed by atoms with van der Waals surface area (Å²) < 4.78 is 10.8. The zero-order valence-electron chi connectivity index (χ0n) is 14.0. The van der Waals surface area contributed by atoms with Crippen LogP contribution in [0.15, 0.2) is 52.9 Å². The molecule has 2 aromatic carbocycles. The summed E-state index contributed by atoms with van der Waals surface area (Å²) in [5.41, 5.74) is 6.85. The van der Waals surface area contributed by atoms with Gasteiger partial charge in [-0.05, 0) is 36.4 Å². The van der Waals surface area contributed by atoms with Crippen LogP contribution < -0.4 is 15.8 Å². The average molecular weight is 348 g/mol. The predicted molar refractivity (Wildman–Crippen MR) is 96.9 cm³/mol. The summed E-state index contributed by atoms with van der Waals surface area (Å²) in [6.07, 6.45) is 0. The van der Waals surface area contributed by atoms with Crippen molar-refractivity contribution in [3.63, 3.8) is 0 Å². The number of benzene rings is 2. The molecule has 6 nitrogen and oxygen atoms in total. The number of rotatable bonds is 4. The number of hydrogen-bond donors (Lipinski definition) is 2. The Morgan fingerprint density at radius 1 is 1.19 bits per heavy atom. The van der Waals surface area contributed by atoms with Crippen molar-refractivity contribution in [2.24, 2.45) is 5.73 Å². The molecule has 0 aliphatic heterocycles. The van der Waals surface area contributed by atoms with E-state index in [1.165, 1.54) is 0 Å². The SMILES string of the molecule is COc1cccc2cc(C(=O)NCC#Cc3ccc(C(N)=O)cc3)oc12. The van der Waals surface area contributed by atoms with Gasteiger partial charge in [0.25, 0.3) is 5.91 Å². The van der Waals surface area contributed by atoms with Gasteiger partial charge in [0.05, 0.1) is 13.7 Å². The second-order valence-corrected chi connectivity index (χ2v) is 5.42. The Morgan fingerprint density at radius 3 is 2.65 bits per heavy atom. The van der Waals surface area contributed by atoms with Crippen LogP contribution in [0.25, 0.3) is 11.0 Å². The molecule has 0 radical (unpaired) electrons. The van der Waals surface area contributed by atoms with Crippen molar-refractivity contribution < 1.29 is 18.7 Å². The molecule has 3 rings (SSSR count). The highest BCUT2D eigenvalue weighted by molar-refractivity contribution is 5.97. The number of fused-ring (bicyclic) bond motifs is 1. The van der Waals surface area contributed by atoms with Gasteiger partial charge >= 0.3 is 0 Å². The minimum atomic E-state index is -0.487. The maximum atomic E-state index is 12.2. The van der Waals surface area contributed by atoms with E-state index in [1.54, 1.807) is 43.5 Å². The molecule has 0 aliphatic carbocycles. The number of primary amides is 1. The summed E-state index contributed by atoms with van der Waals surface area (Å²) in [4.78, 5) is 23.2. The zero-order valence-corrected chi connectivity index (χ0v) is 14.0. The van der Waals surface area contributed by atoms with Gasteiger partial charge in [0.1, 0.15) is 0 Å². The first-order chi connectivity index (χ1) is 12.6. The third kappa shape index (κ3) is 3.68. The minimum absolute atomic E-state index is 0.157. The Morgan fingerprint density at radius 2 is 1.96 bits per heavy atom. The Kier molecular flexibility index (Phi) is 4.90. The lowest BCUT2D eigenvalue weighted by Gasteiger charge is -1.99. The number of hydrogen-bond acceptors (Lipinski definition) is 4. The van der Waals surface area contributed by atoms with Crippen LogP contribution in [0, 0.1) is 11.8 Å². The molecule has 0 saturated heterocycles. The molecule has 2 amide bonds. The lowest BCUT2D eigenvalue weighted by atomic mass is 10.1. The quantitative estimate of drug-likeness (QED) is 0.708. The highest BCUT2D eigenvalue weighted by Gasteiger charge is 2.13. The molecule has 130 valence electrons. The van der Waals surface area contributed by atoms with Crippen LogP contribution in [0.5, 0.6) is 5.75 Å². The van der Waals surface area contributed by atoms with E-state index < -0.39 is 5.91 Å². The van der Waals surface area contributed by atoms with E-state index in [1.807, 2.05) is 12.1 Å². The first-order valence-corrected chi connectivity index (χ1v) is 7.82. The predicted octanol–water partition coefficient (Wildman–Crippen LogP) is 2.32. The van der Waals surface area contributed by atoms with E-state index in [0.29, 0.717) is 16.9 Å². The van der Waals surface area contributed by atoms with Crippen LogP contribution in [-0.4, -0.2) is 25.5 Å². The fourth-order valence-corrected chi connectivity index (χ4v) is 2.38. The second-order valence-electron chi connectivity index (χ2n) is 5.42. The molecular formula is C20H16N2O4. The summed E-state index contributed by atoms with van der Waals surface area (Å²) in [5, 5.41) is 3.46. The number of amides is 2. The number of carbonyl (C=O) groups excluding carboxylic acids is 2. The molecule has 0 unspecified atom stereocenters. The number of nitrogens with one attached hydrogen (secondary N) is 1. The van der Waals surface area contributed by atoms with Crippen molar-refractivity contribution in [3.8, 4) is 17.6 Å². The fraction of sp³-hybridized carbons (Fsp3) is 0.100. The molecule has 26 heavy (non-hydrogen) atoms. The molecule has 0 spiro atoms. The van der Waals surface area contributed by atoms with Crippen LogP contribution >= 0.6 is 0 Å². The Hall–Kier alpha value is -3.72. The Bertz CT molecular complexity index is 1020.